The van der Waals surface area contributed by atoms with Crippen LogP contribution in [-0.4, -0.2) is 20.5 Å². The van der Waals surface area contributed by atoms with Gasteiger partial charge in [-0.05, 0) is 49.2 Å². The number of ketones is 1. The lowest BCUT2D eigenvalue weighted by atomic mass is 9.93. The fourth-order valence-corrected chi connectivity index (χ4v) is 5.54. The van der Waals surface area contributed by atoms with Crippen LogP contribution in [0.15, 0.2) is 89.2 Å². The lowest BCUT2D eigenvalue weighted by molar-refractivity contribution is -0.114. The molecule has 0 radical (unpaired) electrons. The molecule has 1 unspecified atom stereocenters. The number of ether oxygens (including phenoxy) is 1. The third-order valence-corrected chi connectivity index (χ3v) is 7.70. The van der Waals surface area contributed by atoms with Crippen LogP contribution in [-0.2, 0) is 17.2 Å². The quantitative estimate of drug-likeness (QED) is 0.231. The van der Waals surface area contributed by atoms with Gasteiger partial charge >= 0.3 is 0 Å². The number of nitrogens with zero attached hydrogens (tertiary/aromatic N) is 3. The van der Waals surface area contributed by atoms with Crippen LogP contribution in [0.5, 0.6) is 5.75 Å². The molecule has 6 nitrogen and oxygen atoms in total. The minimum absolute atomic E-state index is 0.0273. The van der Waals surface area contributed by atoms with Gasteiger partial charge in [-0.3, -0.25) is 4.79 Å². The van der Waals surface area contributed by atoms with Crippen molar-refractivity contribution in [1.82, 2.24) is 14.8 Å². The summed E-state index contributed by atoms with van der Waals surface area (Å²) < 4.78 is 7.72. The van der Waals surface area contributed by atoms with Gasteiger partial charge in [-0.25, -0.2) is 4.68 Å². The Labute approximate surface area is 229 Å². The second kappa shape index (κ2) is 11.0. The average Bonchev–Trinajstić information content (AvgIpc) is 3.29. The number of carbonyl (C=O) groups is 1. The molecule has 0 bridgehead atoms. The van der Waals surface area contributed by atoms with E-state index in [1.165, 1.54) is 11.8 Å². The number of hydrogen-bond donors (Lipinski definition) is 1. The number of thioether (sulfide) groups is 1. The molecule has 2 heterocycles. The zero-order valence-electron chi connectivity index (χ0n) is 20.2. The highest BCUT2D eigenvalue weighted by Crippen LogP contribution is 2.37. The Balaban J connectivity index is 1.39. The molecule has 37 heavy (non-hydrogen) atoms. The van der Waals surface area contributed by atoms with Crippen molar-refractivity contribution < 1.29 is 9.53 Å². The highest BCUT2D eigenvalue weighted by molar-refractivity contribution is 7.98. The van der Waals surface area contributed by atoms with Gasteiger partial charge in [-0.2, -0.15) is 4.98 Å². The normalized spacial score (nSPS) is 14.8. The van der Waals surface area contributed by atoms with Gasteiger partial charge in [0.2, 0.25) is 11.1 Å². The molecule has 0 spiro atoms. The van der Waals surface area contributed by atoms with Crippen LogP contribution >= 0.6 is 35.0 Å². The van der Waals surface area contributed by atoms with Crippen molar-refractivity contribution in [3.8, 4) is 5.75 Å². The molecule has 1 N–H and O–H groups in total. The Kier molecular flexibility index (Phi) is 7.55. The SMILES string of the molecule is CC(=O)C1=C(C)Nc2nc(SCc3ccccc3Cl)nn2C1c1ccc(OCc2ccccc2Cl)cc1. The van der Waals surface area contributed by atoms with Crippen molar-refractivity contribution in [3.63, 3.8) is 0 Å². The molecule has 4 aromatic rings. The van der Waals surface area contributed by atoms with E-state index in [0.29, 0.717) is 44.8 Å². The minimum atomic E-state index is -0.409. The highest BCUT2D eigenvalue weighted by atomic mass is 35.5. The molecule has 1 aliphatic rings. The number of hydrogen-bond acceptors (Lipinski definition) is 6. The molecule has 0 saturated heterocycles. The molecular formula is C28H24Cl2N4O2S. The number of anilines is 1. The summed E-state index contributed by atoms with van der Waals surface area (Å²) in [5, 5.41) is 9.99. The number of carbonyl (C=O) groups excluding carboxylic acids is 1. The number of halogens is 2. The highest BCUT2D eigenvalue weighted by Gasteiger charge is 2.32. The van der Waals surface area contributed by atoms with E-state index in [4.69, 9.17) is 33.0 Å². The number of nitrogens with one attached hydrogen (secondary N) is 1. The van der Waals surface area contributed by atoms with Crippen molar-refractivity contribution in [2.45, 2.75) is 37.4 Å². The summed E-state index contributed by atoms with van der Waals surface area (Å²) in [5.74, 6) is 1.91. The molecule has 5 rings (SSSR count). The first-order valence-corrected chi connectivity index (χ1v) is 13.4. The van der Waals surface area contributed by atoms with Crippen molar-refractivity contribution in [1.29, 1.82) is 0 Å². The largest absolute Gasteiger partial charge is 0.489 e. The average molecular weight is 551 g/mol. The molecule has 1 aromatic heterocycles. The smallest absolute Gasteiger partial charge is 0.227 e. The summed E-state index contributed by atoms with van der Waals surface area (Å²) >= 11 is 14.1. The fourth-order valence-electron chi connectivity index (χ4n) is 4.24. The van der Waals surface area contributed by atoms with Crippen LogP contribution in [0.25, 0.3) is 0 Å². The zero-order chi connectivity index (χ0) is 25.9. The van der Waals surface area contributed by atoms with Crippen LogP contribution in [0, 0.1) is 0 Å². The molecule has 1 atom stereocenters. The Morgan fingerprint density at radius 3 is 2.30 bits per heavy atom. The molecule has 9 heteroatoms. The molecule has 0 saturated carbocycles. The summed E-state index contributed by atoms with van der Waals surface area (Å²) in [6, 6.07) is 22.6. The number of aromatic nitrogens is 3. The maximum absolute atomic E-state index is 12.7. The first-order chi connectivity index (χ1) is 17.9. The van der Waals surface area contributed by atoms with Gasteiger partial charge in [0.05, 0.1) is 0 Å². The summed E-state index contributed by atoms with van der Waals surface area (Å²) in [7, 11) is 0. The van der Waals surface area contributed by atoms with Crippen LogP contribution in [0.3, 0.4) is 0 Å². The third kappa shape index (κ3) is 5.54. The van der Waals surface area contributed by atoms with E-state index in [1.807, 2.05) is 79.7 Å². The molecule has 1 aliphatic heterocycles. The van der Waals surface area contributed by atoms with E-state index in [2.05, 4.69) is 10.3 Å². The number of fused-ring (bicyclic) bond motifs is 1. The topological polar surface area (TPSA) is 69.0 Å². The molecular weight excluding hydrogens is 527 g/mol. The van der Waals surface area contributed by atoms with Gasteiger partial charge in [0.1, 0.15) is 18.4 Å². The maximum atomic E-state index is 12.7. The Morgan fingerprint density at radius 1 is 1.00 bits per heavy atom. The van der Waals surface area contributed by atoms with Crippen LogP contribution in [0.4, 0.5) is 5.95 Å². The van der Waals surface area contributed by atoms with Gasteiger partial charge in [0.15, 0.2) is 5.78 Å². The predicted molar refractivity (Wildman–Crippen MR) is 148 cm³/mol. The Hall–Kier alpha value is -3.26. The summed E-state index contributed by atoms with van der Waals surface area (Å²) in [6.45, 7) is 3.83. The predicted octanol–water partition coefficient (Wildman–Crippen LogP) is 7.33. The molecule has 3 aromatic carbocycles. The first kappa shape index (κ1) is 25.4. The third-order valence-electron chi connectivity index (χ3n) is 6.08. The summed E-state index contributed by atoms with van der Waals surface area (Å²) in [5.41, 5.74) is 4.24. The van der Waals surface area contributed by atoms with E-state index in [-0.39, 0.29) is 5.78 Å². The Morgan fingerprint density at radius 2 is 1.65 bits per heavy atom. The first-order valence-electron chi connectivity index (χ1n) is 11.7. The van der Waals surface area contributed by atoms with Crippen LogP contribution in [0.2, 0.25) is 10.0 Å². The zero-order valence-corrected chi connectivity index (χ0v) is 22.6. The Bertz CT molecular complexity index is 1480. The van der Waals surface area contributed by atoms with Crippen molar-refractivity contribution in [2.24, 2.45) is 0 Å². The standard InChI is InChI=1S/C28H24Cl2N4O2S/c1-17-25(18(2)35)26(19-11-13-22(14-12-19)36-15-20-7-3-5-9-23(20)29)34-27(31-17)32-28(33-34)37-16-21-8-4-6-10-24(21)30/h3-14,26H,15-16H2,1-2H3,(H,31,32,33). The number of rotatable bonds is 8. The maximum Gasteiger partial charge on any atom is 0.227 e. The lowest BCUT2D eigenvalue weighted by Gasteiger charge is -2.28. The molecule has 0 fully saturated rings. The second-order valence-corrected chi connectivity index (χ2v) is 10.4. The van der Waals surface area contributed by atoms with Gasteiger partial charge in [0.25, 0.3) is 0 Å². The molecule has 188 valence electrons. The summed E-state index contributed by atoms with van der Waals surface area (Å²) in [6.07, 6.45) is 0. The van der Waals surface area contributed by atoms with Gasteiger partial charge in [-0.15, -0.1) is 5.10 Å². The van der Waals surface area contributed by atoms with Crippen molar-refractivity contribution >= 4 is 46.7 Å². The summed E-state index contributed by atoms with van der Waals surface area (Å²) in [4.78, 5) is 17.4. The lowest BCUT2D eigenvalue weighted by Crippen LogP contribution is -2.27. The molecule has 0 aliphatic carbocycles. The fraction of sp³-hybridized carbons (Fsp3) is 0.179. The van der Waals surface area contributed by atoms with Gasteiger partial charge in [-0.1, -0.05) is 83.5 Å². The van der Waals surface area contributed by atoms with Gasteiger partial charge in [0, 0.05) is 32.6 Å². The van der Waals surface area contributed by atoms with E-state index in [9.17, 15) is 4.79 Å². The van der Waals surface area contributed by atoms with Crippen LogP contribution in [0.1, 0.15) is 36.6 Å². The number of benzene rings is 3. The van der Waals surface area contributed by atoms with E-state index in [1.54, 1.807) is 11.6 Å². The van der Waals surface area contributed by atoms with E-state index < -0.39 is 6.04 Å². The van der Waals surface area contributed by atoms with E-state index >= 15 is 0 Å². The van der Waals surface area contributed by atoms with E-state index in [0.717, 1.165) is 22.4 Å². The number of Topliss-reactive ketones (excluding diaryl/α,β-unsaturated/α-hetero) is 1. The van der Waals surface area contributed by atoms with Crippen molar-refractivity contribution in [2.75, 3.05) is 5.32 Å². The minimum Gasteiger partial charge on any atom is -0.489 e. The van der Waals surface area contributed by atoms with Crippen LogP contribution < -0.4 is 10.1 Å². The van der Waals surface area contributed by atoms with Crippen molar-refractivity contribution in [3.05, 3.63) is 111 Å². The molecule has 0 amide bonds. The second-order valence-electron chi connectivity index (χ2n) is 8.61. The monoisotopic (exact) mass is 550 g/mol. The number of allylic oxidation sites excluding steroid dienone is 2. The van der Waals surface area contributed by atoms with Gasteiger partial charge < -0.3 is 10.1 Å².